The van der Waals surface area contributed by atoms with Crippen LogP contribution in [0.2, 0.25) is 0 Å². The third kappa shape index (κ3) is 4.09. The van der Waals surface area contributed by atoms with Crippen LogP contribution in [-0.4, -0.2) is 11.9 Å². The zero-order valence-electron chi connectivity index (χ0n) is 16.0. The van der Waals surface area contributed by atoms with Crippen molar-refractivity contribution in [3.8, 4) is 6.07 Å². The van der Waals surface area contributed by atoms with Crippen molar-refractivity contribution in [1.29, 1.82) is 5.26 Å². The highest BCUT2D eigenvalue weighted by Gasteiger charge is 2.41. The maximum absolute atomic E-state index is 12.4. The number of nitrogens with one attached hydrogen (secondary N) is 2. The van der Waals surface area contributed by atoms with Crippen LogP contribution >= 0.6 is 0 Å². The van der Waals surface area contributed by atoms with Gasteiger partial charge in [0.2, 0.25) is 0 Å². The molecule has 2 fully saturated rings. The summed E-state index contributed by atoms with van der Waals surface area (Å²) in [6.45, 7) is 6.43. The summed E-state index contributed by atoms with van der Waals surface area (Å²) in [5, 5.41) is 15.5. The smallest absolute Gasteiger partial charge is 0.267 e. The molecule has 1 aromatic rings. The first-order chi connectivity index (χ1) is 12.5. The summed E-state index contributed by atoms with van der Waals surface area (Å²) < 4.78 is 0. The number of benzene rings is 1. The molecule has 4 heteroatoms. The Morgan fingerprint density at radius 3 is 2.46 bits per heavy atom. The van der Waals surface area contributed by atoms with E-state index in [-0.39, 0.29) is 11.5 Å². The van der Waals surface area contributed by atoms with Gasteiger partial charge in [0.1, 0.15) is 11.6 Å². The Hall–Kier alpha value is -2.28. The maximum Gasteiger partial charge on any atom is 0.267 e. The Kier molecular flexibility index (Phi) is 5.66. The van der Waals surface area contributed by atoms with Crippen LogP contribution in [-0.2, 0) is 4.79 Å². The van der Waals surface area contributed by atoms with E-state index >= 15 is 0 Å². The Morgan fingerprint density at radius 1 is 1.19 bits per heavy atom. The largest absolute Gasteiger partial charge is 0.387 e. The minimum absolute atomic E-state index is 0.118. The zero-order chi connectivity index (χ0) is 18.7. The minimum atomic E-state index is -0.363. The van der Waals surface area contributed by atoms with Gasteiger partial charge in [-0.3, -0.25) is 4.79 Å². The number of rotatable bonds is 6. The molecular formula is C22H29N3O. The number of carbonyl (C=O) groups excluding carboxylic acids is 1. The first kappa shape index (κ1) is 18.5. The van der Waals surface area contributed by atoms with Gasteiger partial charge in [0.05, 0.1) is 0 Å². The summed E-state index contributed by atoms with van der Waals surface area (Å²) in [6.07, 6.45) is 6.95. The van der Waals surface area contributed by atoms with Crippen molar-refractivity contribution in [1.82, 2.24) is 5.32 Å². The molecule has 2 bridgehead atoms. The van der Waals surface area contributed by atoms with Gasteiger partial charge in [-0.05, 0) is 67.6 Å². The average molecular weight is 351 g/mol. The monoisotopic (exact) mass is 351 g/mol. The molecule has 138 valence electrons. The number of anilines is 1. The molecule has 0 spiro atoms. The van der Waals surface area contributed by atoms with Crippen LogP contribution in [0, 0.1) is 29.1 Å². The van der Waals surface area contributed by atoms with Gasteiger partial charge < -0.3 is 10.6 Å². The first-order valence-electron chi connectivity index (χ1n) is 9.75. The number of hydrogen-bond donors (Lipinski definition) is 2. The lowest BCUT2D eigenvalue weighted by Gasteiger charge is -2.28. The molecule has 0 heterocycles. The van der Waals surface area contributed by atoms with E-state index in [1.807, 2.05) is 30.3 Å². The van der Waals surface area contributed by atoms with Gasteiger partial charge >= 0.3 is 0 Å². The van der Waals surface area contributed by atoms with Crippen LogP contribution in [0.3, 0.4) is 0 Å². The van der Waals surface area contributed by atoms with Gasteiger partial charge in [0, 0.05) is 17.9 Å². The van der Waals surface area contributed by atoms with Crippen LogP contribution in [0.4, 0.5) is 5.69 Å². The summed E-state index contributed by atoms with van der Waals surface area (Å²) >= 11 is 0. The minimum Gasteiger partial charge on any atom is -0.387 e. The molecule has 1 aromatic carbocycles. The Bertz CT molecular complexity index is 714. The van der Waals surface area contributed by atoms with Crippen molar-refractivity contribution in [3.63, 3.8) is 0 Å². The molecular weight excluding hydrogens is 322 g/mol. The van der Waals surface area contributed by atoms with Gasteiger partial charge in [0.25, 0.3) is 5.91 Å². The van der Waals surface area contributed by atoms with Crippen LogP contribution < -0.4 is 10.6 Å². The number of amides is 1. The van der Waals surface area contributed by atoms with E-state index in [9.17, 15) is 10.1 Å². The summed E-state index contributed by atoms with van der Waals surface area (Å²) in [5.41, 5.74) is 2.05. The van der Waals surface area contributed by atoms with Gasteiger partial charge in [-0.15, -0.1) is 0 Å². The first-order valence-corrected chi connectivity index (χ1v) is 9.75. The van der Waals surface area contributed by atoms with Gasteiger partial charge in [-0.1, -0.05) is 32.4 Å². The standard InChI is InChI=1S/C22H29N3O/c1-14(2)17-6-8-20(9-7-17)25-22(26)19(12-23)13-24-15(3)21-11-16-4-5-18(21)10-16/h6-9,13-16,18,21,24H,4-5,10-11H2,1-3H3,(H,25,26)/b19-13-. The molecule has 2 N–H and O–H groups in total. The van der Waals surface area contributed by atoms with Crippen LogP contribution in [0.5, 0.6) is 0 Å². The fourth-order valence-corrected chi connectivity index (χ4v) is 4.54. The summed E-state index contributed by atoms with van der Waals surface area (Å²) in [4.78, 5) is 12.4. The normalized spacial score (nSPS) is 25.8. The van der Waals surface area contributed by atoms with E-state index in [4.69, 9.17) is 0 Å². The molecule has 4 nitrogen and oxygen atoms in total. The van der Waals surface area contributed by atoms with Crippen molar-refractivity contribution in [2.24, 2.45) is 17.8 Å². The van der Waals surface area contributed by atoms with E-state index in [0.717, 1.165) is 11.8 Å². The molecule has 26 heavy (non-hydrogen) atoms. The number of fused-ring (bicyclic) bond motifs is 2. The molecule has 4 atom stereocenters. The summed E-state index contributed by atoms with van der Waals surface area (Å²) in [7, 11) is 0. The Balaban J connectivity index is 1.57. The second kappa shape index (κ2) is 7.95. The van der Waals surface area contributed by atoms with Gasteiger partial charge in [-0.2, -0.15) is 5.26 Å². The molecule has 0 aliphatic heterocycles. The second-order valence-electron chi connectivity index (χ2n) is 8.19. The lowest BCUT2D eigenvalue weighted by molar-refractivity contribution is -0.112. The second-order valence-corrected chi connectivity index (χ2v) is 8.19. The SMILES string of the molecule is CC(C)c1ccc(NC(=O)/C(C#N)=C\NC(C)C2CC3CCC2C3)cc1. The van der Waals surface area contributed by atoms with Crippen LogP contribution in [0.15, 0.2) is 36.0 Å². The third-order valence-electron chi connectivity index (χ3n) is 6.13. The summed E-state index contributed by atoms with van der Waals surface area (Å²) in [6, 6.07) is 10.1. The lowest BCUT2D eigenvalue weighted by atomic mass is 9.84. The topological polar surface area (TPSA) is 64.9 Å². The highest BCUT2D eigenvalue weighted by Crippen LogP contribution is 2.49. The summed E-state index contributed by atoms with van der Waals surface area (Å²) in [5.74, 6) is 2.46. The average Bonchev–Trinajstić information content (AvgIpc) is 3.26. The molecule has 2 saturated carbocycles. The molecule has 3 rings (SSSR count). The number of nitriles is 1. The predicted molar refractivity (Wildman–Crippen MR) is 104 cm³/mol. The van der Waals surface area contributed by atoms with Crippen LogP contribution in [0.1, 0.15) is 57.9 Å². The molecule has 4 unspecified atom stereocenters. The highest BCUT2D eigenvalue weighted by atomic mass is 16.1. The van der Waals surface area contributed by atoms with Crippen molar-refractivity contribution in [3.05, 3.63) is 41.6 Å². The number of hydrogen-bond acceptors (Lipinski definition) is 3. The van der Waals surface area contributed by atoms with E-state index in [1.54, 1.807) is 6.20 Å². The third-order valence-corrected chi connectivity index (χ3v) is 6.13. The molecule has 2 aliphatic rings. The quantitative estimate of drug-likeness (QED) is 0.583. The predicted octanol–water partition coefficient (Wildman–Crippen LogP) is 4.57. The molecule has 0 aromatic heterocycles. The highest BCUT2D eigenvalue weighted by molar-refractivity contribution is 6.06. The van der Waals surface area contributed by atoms with Crippen molar-refractivity contribution in [2.45, 2.75) is 58.4 Å². The van der Waals surface area contributed by atoms with E-state index in [0.29, 0.717) is 23.6 Å². The van der Waals surface area contributed by atoms with E-state index in [2.05, 4.69) is 31.4 Å². The molecule has 1 amide bonds. The Labute approximate surface area is 156 Å². The molecule has 0 radical (unpaired) electrons. The van der Waals surface area contributed by atoms with Gasteiger partial charge in [-0.25, -0.2) is 0 Å². The molecule has 0 saturated heterocycles. The van der Waals surface area contributed by atoms with E-state index in [1.165, 1.54) is 31.2 Å². The van der Waals surface area contributed by atoms with E-state index < -0.39 is 0 Å². The van der Waals surface area contributed by atoms with Crippen molar-refractivity contribution >= 4 is 11.6 Å². The number of nitrogens with zero attached hydrogens (tertiary/aromatic N) is 1. The zero-order valence-corrected chi connectivity index (χ0v) is 16.0. The number of carbonyl (C=O) groups is 1. The van der Waals surface area contributed by atoms with Crippen molar-refractivity contribution in [2.75, 3.05) is 5.32 Å². The van der Waals surface area contributed by atoms with Crippen molar-refractivity contribution < 1.29 is 4.79 Å². The fraction of sp³-hybridized carbons (Fsp3) is 0.545. The maximum atomic E-state index is 12.4. The lowest BCUT2D eigenvalue weighted by Crippen LogP contribution is -2.33. The van der Waals surface area contributed by atoms with Crippen LogP contribution in [0.25, 0.3) is 0 Å². The fourth-order valence-electron chi connectivity index (χ4n) is 4.54. The van der Waals surface area contributed by atoms with Gasteiger partial charge in [0.15, 0.2) is 0 Å². The Morgan fingerprint density at radius 2 is 1.92 bits per heavy atom. The molecule has 2 aliphatic carbocycles.